The van der Waals surface area contributed by atoms with Gasteiger partial charge in [0.25, 0.3) is 0 Å². The van der Waals surface area contributed by atoms with Crippen LogP contribution >= 0.6 is 11.6 Å². The minimum absolute atomic E-state index is 0.0240. The van der Waals surface area contributed by atoms with E-state index in [9.17, 15) is 4.79 Å². The second-order valence-electron chi connectivity index (χ2n) is 5.97. The first kappa shape index (κ1) is 17.2. The molecular formula is C20H20ClN3O. The number of rotatable bonds is 7. The highest BCUT2D eigenvalue weighted by molar-refractivity contribution is 6.30. The molecule has 4 nitrogen and oxygen atoms in total. The van der Waals surface area contributed by atoms with E-state index in [2.05, 4.69) is 14.9 Å². The molecule has 1 aromatic carbocycles. The van der Waals surface area contributed by atoms with Crippen molar-refractivity contribution < 1.29 is 4.79 Å². The molecule has 2 heterocycles. The summed E-state index contributed by atoms with van der Waals surface area (Å²) in [6, 6.07) is 15.5. The van der Waals surface area contributed by atoms with Crippen LogP contribution in [0.1, 0.15) is 23.5 Å². The van der Waals surface area contributed by atoms with Crippen molar-refractivity contribution in [2.45, 2.75) is 25.4 Å². The Morgan fingerprint density at radius 2 is 1.88 bits per heavy atom. The van der Waals surface area contributed by atoms with E-state index in [1.165, 1.54) is 0 Å². The van der Waals surface area contributed by atoms with Gasteiger partial charge in [0.1, 0.15) is 0 Å². The average molecular weight is 354 g/mol. The third-order valence-electron chi connectivity index (χ3n) is 4.08. The summed E-state index contributed by atoms with van der Waals surface area (Å²) in [7, 11) is 0. The standard InChI is InChI=1S/C20H20ClN3O/c21-19-7-5-17(6-8-19)18(15-24-10-1-2-11-24)12-20(25)23-14-16-4-3-9-22-13-16/h1-11,13,18H,12,14-15H2,(H,23,25). The Kier molecular flexibility index (Phi) is 5.86. The molecule has 1 atom stereocenters. The van der Waals surface area contributed by atoms with Crippen molar-refractivity contribution in [3.63, 3.8) is 0 Å². The molecule has 3 rings (SSSR count). The van der Waals surface area contributed by atoms with E-state index in [1.807, 2.05) is 60.9 Å². The van der Waals surface area contributed by atoms with Gasteiger partial charge in [0.2, 0.25) is 5.91 Å². The first-order chi connectivity index (χ1) is 12.2. The molecule has 0 aliphatic rings. The van der Waals surface area contributed by atoms with Gasteiger partial charge < -0.3 is 9.88 Å². The summed E-state index contributed by atoms with van der Waals surface area (Å²) in [5, 5.41) is 3.67. The van der Waals surface area contributed by atoms with Crippen molar-refractivity contribution in [2.24, 2.45) is 0 Å². The van der Waals surface area contributed by atoms with Crippen LogP contribution in [0.4, 0.5) is 0 Å². The van der Waals surface area contributed by atoms with E-state index < -0.39 is 0 Å². The van der Waals surface area contributed by atoms with E-state index in [4.69, 9.17) is 11.6 Å². The fraction of sp³-hybridized carbons (Fsp3) is 0.200. The van der Waals surface area contributed by atoms with Crippen molar-refractivity contribution in [2.75, 3.05) is 0 Å². The van der Waals surface area contributed by atoms with E-state index in [0.717, 1.165) is 17.7 Å². The van der Waals surface area contributed by atoms with Crippen molar-refractivity contribution in [3.8, 4) is 0 Å². The van der Waals surface area contributed by atoms with Crippen LogP contribution in [0.15, 0.2) is 73.3 Å². The van der Waals surface area contributed by atoms with Crippen LogP contribution in [0.3, 0.4) is 0 Å². The number of halogens is 1. The van der Waals surface area contributed by atoms with Crippen molar-refractivity contribution in [1.82, 2.24) is 14.9 Å². The van der Waals surface area contributed by atoms with E-state index >= 15 is 0 Å². The van der Waals surface area contributed by atoms with Gasteiger partial charge in [-0.3, -0.25) is 9.78 Å². The number of hydrogen-bond donors (Lipinski definition) is 1. The molecule has 0 fully saturated rings. The normalized spacial score (nSPS) is 11.9. The zero-order valence-corrected chi connectivity index (χ0v) is 14.6. The maximum atomic E-state index is 12.4. The maximum Gasteiger partial charge on any atom is 0.220 e. The summed E-state index contributed by atoms with van der Waals surface area (Å²) in [6.45, 7) is 1.23. The molecule has 0 aliphatic carbocycles. The topological polar surface area (TPSA) is 46.9 Å². The number of pyridine rings is 1. The monoisotopic (exact) mass is 353 g/mol. The quantitative estimate of drug-likeness (QED) is 0.697. The molecule has 0 aliphatic heterocycles. The largest absolute Gasteiger partial charge is 0.354 e. The molecular weight excluding hydrogens is 334 g/mol. The van der Waals surface area contributed by atoms with E-state index in [0.29, 0.717) is 18.0 Å². The molecule has 1 N–H and O–H groups in total. The predicted molar refractivity (Wildman–Crippen MR) is 99.3 cm³/mol. The summed E-state index contributed by atoms with van der Waals surface area (Å²) in [5.74, 6) is 0.106. The molecule has 5 heteroatoms. The van der Waals surface area contributed by atoms with Crippen molar-refractivity contribution >= 4 is 17.5 Å². The molecule has 0 saturated heterocycles. The van der Waals surface area contributed by atoms with Crippen molar-refractivity contribution in [1.29, 1.82) is 0 Å². The summed E-state index contributed by atoms with van der Waals surface area (Å²) in [6.07, 6.45) is 7.92. The lowest BCUT2D eigenvalue weighted by molar-refractivity contribution is -0.121. The first-order valence-electron chi connectivity index (χ1n) is 8.22. The minimum Gasteiger partial charge on any atom is -0.354 e. The van der Waals surface area contributed by atoms with Gasteiger partial charge >= 0.3 is 0 Å². The number of hydrogen-bond acceptors (Lipinski definition) is 2. The Hall–Kier alpha value is -2.59. The van der Waals surface area contributed by atoms with Gasteiger partial charge in [-0.2, -0.15) is 0 Å². The zero-order chi connectivity index (χ0) is 17.5. The van der Waals surface area contributed by atoms with Crippen LogP contribution < -0.4 is 5.32 Å². The van der Waals surface area contributed by atoms with Crippen LogP contribution in [-0.2, 0) is 17.9 Å². The zero-order valence-electron chi connectivity index (χ0n) is 13.8. The minimum atomic E-state index is 0.0240. The predicted octanol–water partition coefficient (Wildman–Crippen LogP) is 4.03. The fourth-order valence-corrected chi connectivity index (χ4v) is 2.89. The molecule has 25 heavy (non-hydrogen) atoms. The summed E-state index contributed by atoms with van der Waals surface area (Å²) >= 11 is 5.99. The van der Waals surface area contributed by atoms with Crippen LogP contribution in [-0.4, -0.2) is 15.5 Å². The highest BCUT2D eigenvalue weighted by Crippen LogP contribution is 2.24. The van der Waals surface area contributed by atoms with Crippen LogP contribution in [0.25, 0.3) is 0 Å². The van der Waals surface area contributed by atoms with E-state index in [-0.39, 0.29) is 11.8 Å². The Morgan fingerprint density at radius 1 is 1.12 bits per heavy atom. The number of nitrogens with zero attached hydrogens (tertiary/aromatic N) is 2. The number of benzene rings is 1. The molecule has 128 valence electrons. The van der Waals surface area contributed by atoms with Gasteiger partial charge in [0, 0.05) is 55.2 Å². The highest BCUT2D eigenvalue weighted by Gasteiger charge is 2.16. The van der Waals surface area contributed by atoms with Crippen LogP contribution in [0, 0.1) is 0 Å². The SMILES string of the molecule is O=C(CC(Cn1cccc1)c1ccc(Cl)cc1)NCc1cccnc1. The molecule has 1 amide bonds. The molecule has 2 aromatic heterocycles. The fourth-order valence-electron chi connectivity index (χ4n) is 2.77. The van der Waals surface area contributed by atoms with Crippen molar-refractivity contribution in [3.05, 3.63) is 89.5 Å². The van der Waals surface area contributed by atoms with Gasteiger partial charge in [-0.05, 0) is 41.5 Å². The smallest absolute Gasteiger partial charge is 0.220 e. The Labute approximate surface area is 152 Å². The highest BCUT2D eigenvalue weighted by atomic mass is 35.5. The summed E-state index contributed by atoms with van der Waals surface area (Å²) in [4.78, 5) is 16.5. The van der Waals surface area contributed by atoms with Gasteiger partial charge in [0.05, 0.1) is 0 Å². The Morgan fingerprint density at radius 3 is 2.56 bits per heavy atom. The number of amides is 1. The van der Waals surface area contributed by atoms with Gasteiger partial charge in [-0.15, -0.1) is 0 Å². The van der Waals surface area contributed by atoms with Gasteiger partial charge in [-0.25, -0.2) is 0 Å². The Bertz CT molecular complexity index is 786. The maximum absolute atomic E-state index is 12.4. The average Bonchev–Trinajstić information content (AvgIpc) is 3.14. The number of carbonyl (C=O) groups excluding carboxylic acids is 1. The second-order valence-corrected chi connectivity index (χ2v) is 6.41. The summed E-state index contributed by atoms with van der Waals surface area (Å²) < 4.78 is 2.09. The lowest BCUT2D eigenvalue weighted by Crippen LogP contribution is -2.26. The second kappa shape index (κ2) is 8.49. The number of aromatic nitrogens is 2. The molecule has 0 saturated carbocycles. The molecule has 0 bridgehead atoms. The third-order valence-corrected chi connectivity index (χ3v) is 4.34. The first-order valence-corrected chi connectivity index (χ1v) is 8.60. The van der Waals surface area contributed by atoms with Gasteiger partial charge in [-0.1, -0.05) is 29.8 Å². The number of carbonyl (C=O) groups is 1. The molecule has 0 radical (unpaired) electrons. The third kappa shape index (κ3) is 5.19. The summed E-state index contributed by atoms with van der Waals surface area (Å²) in [5.41, 5.74) is 2.10. The lowest BCUT2D eigenvalue weighted by atomic mass is 9.95. The van der Waals surface area contributed by atoms with Gasteiger partial charge in [0.15, 0.2) is 0 Å². The Balaban J connectivity index is 1.66. The lowest BCUT2D eigenvalue weighted by Gasteiger charge is -2.18. The molecule has 0 spiro atoms. The molecule has 3 aromatic rings. The van der Waals surface area contributed by atoms with Crippen LogP contribution in [0.5, 0.6) is 0 Å². The number of nitrogens with one attached hydrogen (secondary N) is 1. The molecule has 1 unspecified atom stereocenters. The van der Waals surface area contributed by atoms with E-state index in [1.54, 1.807) is 12.4 Å². The van der Waals surface area contributed by atoms with Crippen LogP contribution in [0.2, 0.25) is 5.02 Å².